The van der Waals surface area contributed by atoms with Crippen LogP contribution in [0.2, 0.25) is 0 Å². The molecule has 0 aliphatic carbocycles. The van der Waals surface area contributed by atoms with Crippen molar-refractivity contribution in [2.75, 3.05) is 20.2 Å². The molecule has 144 valence electrons. The maximum Gasteiger partial charge on any atom is 0.417 e. The molecule has 0 atom stereocenters. The molecule has 2 rings (SSSR count). The number of amides is 1. The molecule has 0 spiro atoms. The number of carbonyl (C=O) groups is 1. The van der Waals surface area contributed by atoms with Gasteiger partial charge in [0.15, 0.2) is 5.96 Å². The molecule has 1 aromatic heterocycles. The van der Waals surface area contributed by atoms with Gasteiger partial charge in [-0.15, -0.1) is 12.4 Å². The number of fused-ring (bicyclic) bond motifs is 1. The minimum atomic E-state index is -4.61. The molecule has 26 heavy (non-hydrogen) atoms. The van der Waals surface area contributed by atoms with Gasteiger partial charge in [-0.1, -0.05) is 0 Å². The number of benzene rings is 1. The van der Waals surface area contributed by atoms with Gasteiger partial charge in [-0.3, -0.25) is 15.1 Å². The van der Waals surface area contributed by atoms with Crippen LogP contribution in [-0.2, 0) is 6.18 Å². The third-order valence-electron chi connectivity index (χ3n) is 3.36. The number of H-pyrrole nitrogens is 1. The first kappa shape index (κ1) is 21.6. The lowest BCUT2D eigenvalue weighted by Gasteiger charge is -2.11. The first-order chi connectivity index (χ1) is 11.8. The van der Waals surface area contributed by atoms with Gasteiger partial charge >= 0.3 is 6.18 Å². The van der Waals surface area contributed by atoms with Crippen LogP contribution in [0.4, 0.5) is 13.2 Å². The van der Waals surface area contributed by atoms with Crippen molar-refractivity contribution in [1.29, 1.82) is 0 Å². The third kappa shape index (κ3) is 5.02. The van der Waals surface area contributed by atoms with E-state index in [2.05, 4.69) is 15.3 Å². The van der Waals surface area contributed by atoms with Gasteiger partial charge < -0.3 is 21.2 Å². The number of ether oxygens (including phenoxy) is 1. The van der Waals surface area contributed by atoms with E-state index in [0.717, 1.165) is 12.1 Å². The van der Waals surface area contributed by atoms with Crippen LogP contribution < -0.4 is 21.5 Å². The number of hydrogen-bond donors (Lipinski definition) is 4. The molecule has 1 aromatic carbocycles. The van der Waals surface area contributed by atoms with Crippen molar-refractivity contribution in [3.8, 4) is 5.75 Å². The van der Waals surface area contributed by atoms with E-state index in [1.54, 1.807) is 0 Å². The molecule has 0 bridgehead atoms. The van der Waals surface area contributed by atoms with Crippen LogP contribution in [0, 0.1) is 0 Å². The summed E-state index contributed by atoms with van der Waals surface area (Å²) in [7, 11) is 1.37. The van der Waals surface area contributed by atoms with Crippen LogP contribution in [0.1, 0.15) is 22.5 Å². The van der Waals surface area contributed by atoms with Gasteiger partial charge in [-0.25, -0.2) is 0 Å². The molecule has 0 aliphatic rings. The summed E-state index contributed by atoms with van der Waals surface area (Å²) in [4.78, 5) is 18.2. The summed E-state index contributed by atoms with van der Waals surface area (Å²) in [5, 5.41) is 2.11. The standard InChI is InChI=1S/C15H18F3N5O2.ClH/c1-21-14(20)23-13(24)12-7-9-10(15(16,17)18)5-8(6-11(9)22-12)25-4-2-3-19;/h5-7,22H,2-4,19H2,1H3,(H3,20,21,23,24);1H. The van der Waals surface area contributed by atoms with Gasteiger partial charge in [0.05, 0.1) is 17.7 Å². The smallest absolute Gasteiger partial charge is 0.417 e. The van der Waals surface area contributed by atoms with E-state index in [9.17, 15) is 18.0 Å². The summed E-state index contributed by atoms with van der Waals surface area (Å²) in [6, 6.07) is 3.41. The second-order valence-corrected chi connectivity index (χ2v) is 5.17. The van der Waals surface area contributed by atoms with Crippen molar-refractivity contribution in [2.24, 2.45) is 16.5 Å². The molecule has 0 saturated heterocycles. The quantitative estimate of drug-likeness (QED) is 0.353. The summed E-state index contributed by atoms with van der Waals surface area (Å²) in [6.07, 6.45) is -4.10. The molecule has 0 radical (unpaired) electrons. The molecule has 0 unspecified atom stereocenters. The van der Waals surface area contributed by atoms with Crippen molar-refractivity contribution in [2.45, 2.75) is 12.6 Å². The van der Waals surface area contributed by atoms with Crippen LogP contribution in [0.5, 0.6) is 5.75 Å². The Morgan fingerprint density at radius 3 is 2.62 bits per heavy atom. The van der Waals surface area contributed by atoms with Crippen LogP contribution in [-0.4, -0.2) is 37.1 Å². The summed E-state index contributed by atoms with van der Waals surface area (Å²) >= 11 is 0. The number of alkyl halides is 3. The minimum Gasteiger partial charge on any atom is -0.493 e. The van der Waals surface area contributed by atoms with Crippen molar-refractivity contribution in [3.05, 3.63) is 29.5 Å². The molecule has 7 nitrogen and oxygen atoms in total. The number of nitrogens with zero attached hydrogens (tertiary/aromatic N) is 1. The number of aromatic nitrogens is 1. The number of aliphatic imine (C=N–C) groups is 1. The SMILES string of the molecule is CN=C(N)NC(=O)c1cc2c(C(F)(F)F)cc(OCCCN)cc2[nH]1.Cl. The number of halogens is 4. The highest BCUT2D eigenvalue weighted by atomic mass is 35.5. The summed E-state index contributed by atoms with van der Waals surface area (Å²) in [5.41, 5.74) is 9.87. The lowest BCUT2D eigenvalue weighted by atomic mass is 10.1. The lowest BCUT2D eigenvalue weighted by Crippen LogP contribution is -2.36. The van der Waals surface area contributed by atoms with Gasteiger partial charge in [0.1, 0.15) is 11.4 Å². The number of aromatic amines is 1. The molecular weight excluding hydrogens is 375 g/mol. The second-order valence-electron chi connectivity index (χ2n) is 5.17. The Hall–Kier alpha value is -2.46. The van der Waals surface area contributed by atoms with Crippen molar-refractivity contribution in [1.82, 2.24) is 10.3 Å². The van der Waals surface area contributed by atoms with Crippen molar-refractivity contribution in [3.63, 3.8) is 0 Å². The van der Waals surface area contributed by atoms with E-state index < -0.39 is 17.6 Å². The molecule has 1 heterocycles. The Balaban J connectivity index is 0.00000338. The fourth-order valence-corrected chi connectivity index (χ4v) is 2.16. The molecule has 0 aliphatic heterocycles. The van der Waals surface area contributed by atoms with Gasteiger partial charge in [-0.05, 0) is 25.1 Å². The minimum absolute atomic E-state index is 0. The number of nitrogens with two attached hydrogens (primary N) is 2. The Labute approximate surface area is 153 Å². The molecule has 0 fully saturated rings. The van der Waals surface area contributed by atoms with Crippen molar-refractivity contribution >= 4 is 35.2 Å². The predicted molar refractivity (Wildman–Crippen MR) is 94.7 cm³/mol. The zero-order chi connectivity index (χ0) is 18.6. The monoisotopic (exact) mass is 393 g/mol. The first-order valence-corrected chi connectivity index (χ1v) is 7.36. The highest BCUT2D eigenvalue weighted by Gasteiger charge is 2.34. The van der Waals surface area contributed by atoms with Gasteiger partial charge in [0.25, 0.3) is 5.91 Å². The Morgan fingerprint density at radius 1 is 1.35 bits per heavy atom. The van der Waals surface area contributed by atoms with E-state index in [1.807, 2.05) is 0 Å². The number of rotatable bonds is 5. The zero-order valence-electron chi connectivity index (χ0n) is 13.8. The average molecular weight is 394 g/mol. The van der Waals surface area contributed by atoms with Crippen molar-refractivity contribution < 1.29 is 22.7 Å². The molecule has 6 N–H and O–H groups in total. The second kappa shape index (κ2) is 8.77. The Bertz CT molecular complexity index is 804. The molecule has 0 saturated carbocycles. The lowest BCUT2D eigenvalue weighted by molar-refractivity contribution is -0.136. The number of guanidine groups is 1. The maximum atomic E-state index is 13.3. The van der Waals surface area contributed by atoms with E-state index >= 15 is 0 Å². The van der Waals surface area contributed by atoms with Gasteiger partial charge in [0, 0.05) is 18.5 Å². The topological polar surface area (TPSA) is 119 Å². The summed E-state index contributed by atoms with van der Waals surface area (Å²) in [6.45, 7) is 0.554. The molecule has 2 aromatic rings. The third-order valence-corrected chi connectivity index (χ3v) is 3.36. The normalized spacial score (nSPS) is 12.0. The zero-order valence-corrected chi connectivity index (χ0v) is 14.6. The Kier molecular flexibility index (Phi) is 7.28. The fraction of sp³-hybridized carbons (Fsp3) is 0.333. The molecule has 11 heteroatoms. The van der Waals surface area contributed by atoms with Gasteiger partial charge in [-0.2, -0.15) is 13.2 Å². The van der Waals surface area contributed by atoms with Crippen LogP contribution in [0.3, 0.4) is 0 Å². The number of hydrogen-bond acceptors (Lipinski definition) is 4. The highest BCUT2D eigenvalue weighted by molar-refractivity contribution is 6.06. The highest BCUT2D eigenvalue weighted by Crippen LogP contribution is 2.38. The summed E-state index contributed by atoms with van der Waals surface area (Å²) < 4.78 is 45.3. The van der Waals surface area contributed by atoms with E-state index in [-0.39, 0.29) is 47.3 Å². The van der Waals surface area contributed by atoms with E-state index in [4.69, 9.17) is 16.2 Å². The number of nitrogens with one attached hydrogen (secondary N) is 2. The first-order valence-electron chi connectivity index (χ1n) is 7.36. The summed E-state index contributed by atoms with van der Waals surface area (Å²) in [5.74, 6) is -0.805. The molecule has 1 amide bonds. The largest absolute Gasteiger partial charge is 0.493 e. The number of carbonyl (C=O) groups excluding carboxylic acids is 1. The van der Waals surface area contributed by atoms with E-state index in [0.29, 0.717) is 13.0 Å². The van der Waals surface area contributed by atoms with Crippen LogP contribution >= 0.6 is 12.4 Å². The fourth-order valence-electron chi connectivity index (χ4n) is 2.16. The average Bonchev–Trinajstić information content (AvgIpc) is 2.97. The van der Waals surface area contributed by atoms with E-state index in [1.165, 1.54) is 13.1 Å². The van der Waals surface area contributed by atoms with Crippen LogP contribution in [0.15, 0.2) is 23.2 Å². The van der Waals surface area contributed by atoms with Crippen LogP contribution in [0.25, 0.3) is 10.9 Å². The molecular formula is C15H19ClF3N5O2. The van der Waals surface area contributed by atoms with Gasteiger partial charge in [0.2, 0.25) is 0 Å². The predicted octanol–water partition coefficient (Wildman–Crippen LogP) is 2.01. The maximum absolute atomic E-state index is 13.3. The Morgan fingerprint density at radius 2 is 2.04 bits per heavy atom.